The van der Waals surface area contributed by atoms with Crippen molar-refractivity contribution in [2.75, 3.05) is 0 Å². The van der Waals surface area contributed by atoms with Crippen LogP contribution in [0.25, 0.3) is 0 Å². The van der Waals surface area contributed by atoms with Gasteiger partial charge >= 0.3 is 21.1 Å². The molecule has 2 aromatic heterocycles. The van der Waals surface area contributed by atoms with Gasteiger partial charge in [-0.3, -0.25) is 9.97 Å². The van der Waals surface area contributed by atoms with Crippen LogP contribution in [0, 0.1) is 10.5 Å². The molecule has 2 aliphatic heterocycles. The molecule has 0 atom stereocenters. The van der Waals surface area contributed by atoms with E-state index in [-0.39, 0.29) is 21.1 Å². The number of nitrogens with zero attached hydrogens (tertiary/aromatic N) is 2. The van der Waals surface area contributed by atoms with Crippen LogP contribution in [0.15, 0.2) is 71.8 Å². The Balaban J connectivity index is 0.000000160. The molecule has 2 aliphatic rings. The van der Waals surface area contributed by atoms with E-state index in [2.05, 4.69) is 45.1 Å². The van der Waals surface area contributed by atoms with E-state index in [4.69, 9.17) is 0 Å². The smallest absolute Gasteiger partial charge is 0.294 e. The van der Waals surface area contributed by atoms with Crippen LogP contribution in [-0.2, 0) is 21.1 Å². The van der Waals surface area contributed by atoms with Crippen LogP contribution < -0.4 is 0 Å². The van der Waals surface area contributed by atoms with Crippen molar-refractivity contribution in [3.05, 3.63) is 93.6 Å². The molecule has 0 saturated heterocycles. The second kappa shape index (κ2) is 9.92. The number of hydrogen-bond donors (Lipinski definition) is 0. The molecule has 0 fully saturated rings. The van der Waals surface area contributed by atoms with Crippen molar-refractivity contribution in [3.8, 4) is 0 Å². The first-order valence-corrected chi connectivity index (χ1v) is 8.87. The van der Waals surface area contributed by atoms with Gasteiger partial charge in [-0.2, -0.15) is 12.1 Å². The molecule has 0 amide bonds. The third-order valence-corrected chi connectivity index (χ3v) is 5.10. The molecule has 0 bridgehead atoms. The second-order valence-corrected chi connectivity index (χ2v) is 6.67. The first kappa shape index (κ1) is 18.2. The summed E-state index contributed by atoms with van der Waals surface area (Å²) < 4.78 is 0. The Labute approximate surface area is 160 Å². The molecule has 120 valence electrons. The fourth-order valence-electron chi connectivity index (χ4n) is 2.05. The minimum atomic E-state index is 0. The molecule has 0 aromatic carbocycles. The molecular formula is C18H16N2PtS2. The van der Waals surface area contributed by atoms with Crippen LogP contribution in [-0.4, -0.2) is 9.97 Å². The van der Waals surface area contributed by atoms with Gasteiger partial charge in [0.15, 0.2) is 0 Å². The normalized spacial score (nSPS) is 15.1. The molecular weight excluding hydrogens is 503 g/mol. The van der Waals surface area contributed by atoms with Gasteiger partial charge in [0, 0.05) is 12.4 Å². The molecule has 5 heteroatoms. The Morgan fingerprint density at radius 1 is 0.739 bits per heavy atom. The Kier molecular flexibility index (Phi) is 7.87. The number of rotatable bonds is 2. The number of thioether (sulfide) groups is 2. The van der Waals surface area contributed by atoms with E-state index >= 15 is 0 Å². The summed E-state index contributed by atoms with van der Waals surface area (Å²) in [6, 6.07) is 12.0. The van der Waals surface area contributed by atoms with Gasteiger partial charge in [0.1, 0.15) is 0 Å². The first-order valence-electron chi connectivity index (χ1n) is 7.11. The van der Waals surface area contributed by atoms with Gasteiger partial charge < -0.3 is 0 Å². The van der Waals surface area contributed by atoms with Crippen molar-refractivity contribution in [2.24, 2.45) is 0 Å². The predicted octanol–water partition coefficient (Wildman–Crippen LogP) is 5.22. The zero-order valence-electron chi connectivity index (χ0n) is 12.4. The van der Waals surface area contributed by atoms with E-state index in [0.717, 1.165) is 24.2 Å². The fraction of sp³-hybridized carbons (Fsp3) is 0.111. The quantitative estimate of drug-likeness (QED) is 0.508. The van der Waals surface area contributed by atoms with Crippen LogP contribution in [0.4, 0.5) is 0 Å². The number of aromatic nitrogens is 2. The van der Waals surface area contributed by atoms with Crippen LogP contribution in [0.5, 0.6) is 0 Å². The SMILES string of the molecule is C1=CS[C-](c2ccccn2)C1.C1=CS[C-](c2ccccn2)C1.[Pt+2]. The third-order valence-electron chi connectivity index (χ3n) is 3.12. The molecule has 4 heterocycles. The van der Waals surface area contributed by atoms with Crippen LogP contribution in [0.3, 0.4) is 0 Å². The van der Waals surface area contributed by atoms with Gasteiger partial charge in [0.25, 0.3) is 0 Å². The van der Waals surface area contributed by atoms with Crippen LogP contribution in [0.2, 0.25) is 0 Å². The second-order valence-electron chi connectivity index (χ2n) is 4.66. The standard InChI is InChI=1S/2C9H8NS.Pt/c2*1-2-6-10-8(4-1)9-5-3-7-11-9;/h2*1-4,6-7H,5H2;/q2*-1;+2. The molecule has 0 spiro atoms. The summed E-state index contributed by atoms with van der Waals surface area (Å²) in [5.41, 5.74) is 2.23. The average Bonchev–Trinajstić information content (AvgIpc) is 3.31. The third kappa shape index (κ3) is 5.49. The summed E-state index contributed by atoms with van der Waals surface area (Å²) in [4.78, 5) is 8.53. The monoisotopic (exact) mass is 519 g/mol. The molecule has 2 aromatic rings. The Bertz CT molecular complexity index is 558. The van der Waals surface area contributed by atoms with E-state index in [1.165, 1.54) is 10.5 Å². The fourth-order valence-corrected chi connectivity index (χ4v) is 3.63. The summed E-state index contributed by atoms with van der Waals surface area (Å²) in [5, 5.41) is 6.94. The molecule has 0 N–H and O–H groups in total. The molecule has 0 saturated carbocycles. The summed E-state index contributed by atoms with van der Waals surface area (Å²) in [5.74, 6) is 0. The van der Waals surface area contributed by atoms with Gasteiger partial charge in [-0.05, 0) is 10.8 Å². The summed E-state index contributed by atoms with van der Waals surface area (Å²) in [6.07, 6.45) is 10.1. The Morgan fingerprint density at radius 2 is 1.22 bits per heavy atom. The Hall–Kier alpha value is -1.09. The van der Waals surface area contributed by atoms with Gasteiger partial charge in [0.05, 0.1) is 0 Å². The topological polar surface area (TPSA) is 25.8 Å². The minimum Gasteiger partial charge on any atom is -0.294 e. The minimum absolute atomic E-state index is 0. The molecule has 23 heavy (non-hydrogen) atoms. The van der Waals surface area contributed by atoms with Crippen molar-refractivity contribution < 1.29 is 21.1 Å². The number of allylic oxidation sites excluding steroid dienone is 2. The van der Waals surface area contributed by atoms with Crippen LogP contribution >= 0.6 is 23.5 Å². The molecule has 2 nitrogen and oxygen atoms in total. The van der Waals surface area contributed by atoms with Crippen molar-refractivity contribution in [1.82, 2.24) is 9.97 Å². The number of pyridine rings is 2. The van der Waals surface area contributed by atoms with Crippen molar-refractivity contribution in [3.63, 3.8) is 0 Å². The van der Waals surface area contributed by atoms with Gasteiger partial charge in [0.2, 0.25) is 0 Å². The van der Waals surface area contributed by atoms with E-state index in [9.17, 15) is 0 Å². The predicted molar refractivity (Wildman–Crippen MR) is 95.9 cm³/mol. The van der Waals surface area contributed by atoms with Crippen LogP contribution in [0.1, 0.15) is 24.2 Å². The van der Waals surface area contributed by atoms with E-state index < -0.39 is 0 Å². The van der Waals surface area contributed by atoms with E-state index in [1.54, 1.807) is 23.5 Å². The largest absolute Gasteiger partial charge is 2.00 e. The van der Waals surface area contributed by atoms with E-state index in [1.807, 2.05) is 36.7 Å². The molecule has 4 rings (SSSR count). The Morgan fingerprint density at radius 3 is 1.52 bits per heavy atom. The molecule has 0 unspecified atom stereocenters. The number of hydrogen-bond acceptors (Lipinski definition) is 4. The van der Waals surface area contributed by atoms with Gasteiger partial charge in [-0.1, -0.05) is 48.5 Å². The summed E-state index contributed by atoms with van der Waals surface area (Å²) >= 11 is 3.54. The van der Waals surface area contributed by atoms with Gasteiger partial charge in [-0.25, -0.2) is 23.5 Å². The maximum absolute atomic E-state index is 4.26. The first-order chi connectivity index (χ1) is 10.9. The van der Waals surface area contributed by atoms with E-state index in [0.29, 0.717) is 0 Å². The zero-order valence-corrected chi connectivity index (χ0v) is 16.3. The van der Waals surface area contributed by atoms with Crippen molar-refractivity contribution >= 4 is 23.5 Å². The zero-order chi connectivity index (χ0) is 15.0. The summed E-state index contributed by atoms with van der Waals surface area (Å²) in [7, 11) is 0. The molecule has 0 radical (unpaired) electrons. The maximum Gasteiger partial charge on any atom is 2.00 e. The van der Waals surface area contributed by atoms with Crippen molar-refractivity contribution in [2.45, 2.75) is 12.8 Å². The summed E-state index contributed by atoms with van der Waals surface area (Å²) in [6.45, 7) is 0. The van der Waals surface area contributed by atoms with Gasteiger partial charge in [-0.15, -0.1) is 22.6 Å². The maximum atomic E-state index is 4.26. The van der Waals surface area contributed by atoms with Crippen molar-refractivity contribution in [1.29, 1.82) is 0 Å². The molecule has 0 aliphatic carbocycles. The average molecular weight is 520 g/mol.